The molecule has 136 valence electrons. The highest BCUT2D eigenvalue weighted by Gasteiger charge is 2.21. The molecule has 1 aliphatic heterocycles. The van der Waals surface area contributed by atoms with Gasteiger partial charge in [0.05, 0.1) is 16.7 Å². The number of hydrogen-bond acceptors (Lipinski definition) is 3. The van der Waals surface area contributed by atoms with E-state index in [4.69, 9.17) is 27.9 Å². The molecule has 0 aromatic heterocycles. The Balaban J connectivity index is 1.79. The molecule has 0 N–H and O–H groups in total. The topological polar surface area (TPSA) is 29.5 Å². The number of rotatable bonds is 5. The van der Waals surface area contributed by atoms with Crippen molar-refractivity contribution >= 4 is 35.1 Å². The first-order valence-electron chi connectivity index (χ1n) is 8.68. The number of ketones is 1. The molecule has 1 heterocycles. The standard InChI is InChI=1S/C21H21Cl2NO2/c1-2-26-21-18(22)11-16(12-19(21)23)10-17-14-24(9-8-20(17)25)13-15-6-4-3-5-7-15/h3-7,10-12H,2,8-9,13-14H2,1H3/b17-10+. The van der Waals surface area contributed by atoms with Gasteiger partial charge in [0.25, 0.3) is 0 Å². The van der Waals surface area contributed by atoms with E-state index in [2.05, 4.69) is 17.0 Å². The lowest BCUT2D eigenvalue weighted by Gasteiger charge is -2.28. The number of Topliss-reactive ketones (excluding diaryl/α,β-unsaturated/α-hetero) is 1. The van der Waals surface area contributed by atoms with Crippen LogP contribution >= 0.6 is 23.2 Å². The first-order chi connectivity index (χ1) is 12.6. The number of benzene rings is 2. The molecular weight excluding hydrogens is 369 g/mol. The van der Waals surface area contributed by atoms with Crippen molar-refractivity contribution in [3.05, 3.63) is 69.2 Å². The number of hydrogen-bond donors (Lipinski definition) is 0. The molecule has 0 unspecified atom stereocenters. The molecule has 3 rings (SSSR count). The Bertz CT molecular complexity index is 795. The summed E-state index contributed by atoms with van der Waals surface area (Å²) in [6, 6.07) is 13.9. The Labute approximate surface area is 164 Å². The molecule has 0 amide bonds. The van der Waals surface area contributed by atoms with Crippen LogP contribution in [0.1, 0.15) is 24.5 Å². The van der Waals surface area contributed by atoms with Crippen molar-refractivity contribution in [1.29, 1.82) is 0 Å². The average Bonchev–Trinajstić information content (AvgIpc) is 2.62. The van der Waals surface area contributed by atoms with Crippen LogP contribution < -0.4 is 4.74 Å². The lowest BCUT2D eigenvalue weighted by Crippen LogP contribution is -2.35. The molecule has 0 aliphatic carbocycles. The molecule has 5 heteroatoms. The molecule has 0 bridgehead atoms. The Morgan fingerprint density at radius 1 is 1.15 bits per heavy atom. The summed E-state index contributed by atoms with van der Waals surface area (Å²) >= 11 is 12.5. The minimum atomic E-state index is 0.176. The van der Waals surface area contributed by atoms with Gasteiger partial charge >= 0.3 is 0 Å². The van der Waals surface area contributed by atoms with E-state index in [1.807, 2.05) is 31.2 Å². The van der Waals surface area contributed by atoms with Crippen molar-refractivity contribution in [3.8, 4) is 5.75 Å². The zero-order valence-electron chi connectivity index (χ0n) is 14.7. The molecule has 2 aromatic rings. The van der Waals surface area contributed by atoms with Crippen LogP contribution in [-0.4, -0.2) is 30.4 Å². The van der Waals surface area contributed by atoms with Gasteiger partial charge < -0.3 is 4.74 Å². The molecule has 3 nitrogen and oxygen atoms in total. The van der Waals surface area contributed by atoms with Crippen molar-refractivity contribution in [3.63, 3.8) is 0 Å². The molecule has 0 saturated carbocycles. The molecule has 1 saturated heterocycles. The normalized spacial score (nSPS) is 16.9. The van der Waals surface area contributed by atoms with E-state index >= 15 is 0 Å². The summed E-state index contributed by atoms with van der Waals surface area (Å²) in [6.07, 6.45) is 2.41. The minimum absolute atomic E-state index is 0.176. The van der Waals surface area contributed by atoms with E-state index in [1.165, 1.54) is 5.56 Å². The zero-order chi connectivity index (χ0) is 18.5. The third-order valence-electron chi connectivity index (χ3n) is 4.31. The van der Waals surface area contributed by atoms with Crippen molar-refractivity contribution < 1.29 is 9.53 Å². The fraction of sp³-hybridized carbons (Fsp3) is 0.286. The summed E-state index contributed by atoms with van der Waals surface area (Å²) in [7, 11) is 0. The van der Waals surface area contributed by atoms with Crippen LogP contribution in [0.3, 0.4) is 0 Å². The van der Waals surface area contributed by atoms with Crippen LogP contribution in [0.5, 0.6) is 5.75 Å². The zero-order valence-corrected chi connectivity index (χ0v) is 16.2. The maximum absolute atomic E-state index is 12.4. The number of likely N-dealkylation sites (tertiary alicyclic amines) is 1. The summed E-state index contributed by atoms with van der Waals surface area (Å²) in [5.41, 5.74) is 2.84. The SMILES string of the molecule is CCOc1c(Cl)cc(/C=C2\CN(Cc3ccccc3)CCC2=O)cc1Cl. The molecule has 0 spiro atoms. The highest BCUT2D eigenvalue weighted by molar-refractivity contribution is 6.37. The minimum Gasteiger partial charge on any atom is -0.491 e. The predicted molar refractivity (Wildman–Crippen MR) is 107 cm³/mol. The maximum atomic E-state index is 12.4. The summed E-state index contributed by atoms with van der Waals surface area (Å²) in [5, 5.41) is 0.909. The fourth-order valence-corrected chi connectivity index (χ4v) is 3.69. The van der Waals surface area contributed by atoms with Gasteiger partial charge in [-0.25, -0.2) is 0 Å². The number of nitrogens with zero attached hydrogens (tertiary/aromatic N) is 1. The molecular formula is C21H21Cl2NO2. The van der Waals surface area contributed by atoms with Crippen molar-refractivity contribution in [2.75, 3.05) is 19.7 Å². The Kier molecular flexibility index (Phi) is 6.36. The van der Waals surface area contributed by atoms with Gasteiger partial charge in [-0.15, -0.1) is 0 Å². The summed E-state index contributed by atoms with van der Waals surface area (Å²) in [6.45, 7) is 4.60. The van der Waals surface area contributed by atoms with Crippen LogP contribution in [0.15, 0.2) is 48.0 Å². The van der Waals surface area contributed by atoms with E-state index in [1.54, 1.807) is 12.1 Å². The van der Waals surface area contributed by atoms with Gasteiger partial charge in [-0.3, -0.25) is 9.69 Å². The molecule has 26 heavy (non-hydrogen) atoms. The van der Waals surface area contributed by atoms with E-state index in [0.29, 0.717) is 35.4 Å². The van der Waals surface area contributed by atoms with Crippen LogP contribution in [-0.2, 0) is 11.3 Å². The molecule has 1 aliphatic rings. The highest BCUT2D eigenvalue weighted by Crippen LogP contribution is 2.35. The van der Waals surface area contributed by atoms with Gasteiger partial charge in [-0.2, -0.15) is 0 Å². The monoisotopic (exact) mass is 389 g/mol. The highest BCUT2D eigenvalue weighted by atomic mass is 35.5. The fourth-order valence-electron chi connectivity index (χ4n) is 3.08. The van der Waals surface area contributed by atoms with Crippen molar-refractivity contribution in [1.82, 2.24) is 4.90 Å². The van der Waals surface area contributed by atoms with Crippen LogP contribution in [0.4, 0.5) is 0 Å². The Morgan fingerprint density at radius 2 is 1.85 bits per heavy atom. The number of piperidine rings is 1. The summed E-state index contributed by atoms with van der Waals surface area (Å²) < 4.78 is 5.46. The second-order valence-electron chi connectivity index (χ2n) is 6.29. The summed E-state index contributed by atoms with van der Waals surface area (Å²) in [5.74, 6) is 0.661. The number of carbonyl (C=O) groups excluding carboxylic acids is 1. The van der Waals surface area contributed by atoms with Gasteiger partial charge in [0.1, 0.15) is 0 Å². The smallest absolute Gasteiger partial charge is 0.161 e. The first-order valence-corrected chi connectivity index (χ1v) is 9.44. The number of ether oxygens (including phenoxy) is 1. The predicted octanol–water partition coefficient (Wildman–Crippen LogP) is 5.25. The van der Waals surface area contributed by atoms with Crippen molar-refractivity contribution in [2.45, 2.75) is 19.9 Å². The van der Waals surface area contributed by atoms with Gasteiger partial charge in [0, 0.05) is 31.6 Å². The number of carbonyl (C=O) groups is 1. The van der Waals surface area contributed by atoms with Gasteiger partial charge in [0.15, 0.2) is 11.5 Å². The number of halogens is 2. The third-order valence-corrected chi connectivity index (χ3v) is 4.87. The quantitative estimate of drug-likeness (QED) is 0.653. The van der Waals surface area contributed by atoms with E-state index in [-0.39, 0.29) is 5.78 Å². The molecule has 0 atom stereocenters. The first kappa shape index (κ1) is 19.0. The van der Waals surface area contributed by atoms with Gasteiger partial charge in [-0.1, -0.05) is 53.5 Å². The molecule has 2 aromatic carbocycles. The van der Waals surface area contributed by atoms with Crippen LogP contribution in [0.25, 0.3) is 6.08 Å². The average molecular weight is 390 g/mol. The second-order valence-corrected chi connectivity index (χ2v) is 7.10. The van der Waals surface area contributed by atoms with Gasteiger partial charge in [-0.05, 0) is 36.3 Å². The van der Waals surface area contributed by atoms with E-state index < -0.39 is 0 Å². The van der Waals surface area contributed by atoms with E-state index in [0.717, 1.165) is 24.2 Å². The molecule has 1 fully saturated rings. The van der Waals surface area contributed by atoms with E-state index in [9.17, 15) is 4.79 Å². The Morgan fingerprint density at radius 3 is 2.50 bits per heavy atom. The third kappa shape index (κ3) is 4.67. The van der Waals surface area contributed by atoms with Gasteiger partial charge in [0.2, 0.25) is 0 Å². The molecule has 0 radical (unpaired) electrons. The lowest BCUT2D eigenvalue weighted by atomic mass is 9.99. The Hall–Kier alpha value is -1.81. The largest absolute Gasteiger partial charge is 0.491 e. The lowest BCUT2D eigenvalue weighted by molar-refractivity contribution is -0.117. The van der Waals surface area contributed by atoms with Crippen molar-refractivity contribution in [2.24, 2.45) is 0 Å². The van der Waals surface area contributed by atoms with Crippen LogP contribution in [0.2, 0.25) is 10.0 Å². The van der Waals surface area contributed by atoms with Crippen LogP contribution in [0, 0.1) is 0 Å². The maximum Gasteiger partial charge on any atom is 0.161 e. The summed E-state index contributed by atoms with van der Waals surface area (Å²) in [4.78, 5) is 14.6. The second kappa shape index (κ2) is 8.72.